The van der Waals surface area contributed by atoms with Gasteiger partial charge in [-0.25, -0.2) is 12.9 Å². The van der Waals surface area contributed by atoms with Gasteiger partial charge in [0.15, 0.2) is 0 Å². The fraction of sp³-hybridized carbons (Fsp3) is 0.611. The number of carbonyl (C=O) groups is 1. The van der Waals surface area contributed by atoms with E-state index in [9.17, 15) is 13.4 Å². The van der Waals surface area contributed by atoms with Crippen LogP contribution >= 0.6 is 11.9 Å². The van der Waals surface area contributed by atoms with Gasteiger partial charge in [0.1, 0.15) is 11.6 Å². The highest BCUT2D eigenvalue weighted by Gasteiger charge is 2.30. The average Bonchev–Trinajstić information content (AvgIpc) is 3.45. The maximum Gasteiger partial charge on any atom is 0.264 e. The molecule has 1 aromatic rings. The minimum atomic E-state index is -0.917. The van der Waals surface area contributed by atoms with E-state index in [1.807, 2.05) is 4.31 Å². The van der Waals surface area contributed by atoms with E-state index < -0.39 is 22.7 Å². The van der Waals surface area contributed by atoms with Crippen LogP contribution in [-0.4, -0.2) is 46.6 Å². The second-order valence-electron chi connectivity index (χ2n) is 6.89. The smallest absolute Gasteiger partial charge is 0.264 e. The largest absolute Gasteiger partial charge is 0.493 e. The molecule has 3 rings (SSSR count). The maximum atomic E-state index is 14.4. The fourth-order valence-electron chi connectivity index (χ4n) is 3.27. The molecule has 1 aliphatic heterocycles. The van der Waals surface area contributed by atoms with Crippen molar-refractivity contribution in [1.82, 2.24) is 9.03 Å². The summed E-state index contributed by atoms with van der Waals surface area (Å²) in [4.78, 5) is 12.0. The summed E-state index contributed by atoms with van der Waals surface area (Å²) in [5, 5.41) is 0. The van der Waals surface area contributed by atoms with Gasteiger partial charge in [-0.1, -0.05) is 11.9 Å². The second kappa shape index (κ2) is 8.71. The van der Waals surface area contributed by atoms with Gasteiger partial charge in [0.05, 0.1) is 23.2 Å². The number of hydrogen-bond acceptors (Lipinski definition) is 4. The first-order valence-corrected chi connectivity index (χ1v) is 11.6. The van der Waals surface area contributed by atoms with Crippen LogP contribution in [-0.2, 0) is 11.0 Å². The number of nitrogens with zero attached hydrogens (tertiary/aromatic N) is 1. The molecule has 1 aromatic carbocycles. The Bertz CT molecular complexity index is 689. The lowest BCUT2D eigenvalue weighted by Gasteiger charge is -2.30. The Morgan fingerprint density at radius 1 is 1.35 bits per heavy atom. The number of halogens is 1. The standard InChI is InChI=1S/C18H25FN2O3S2/c1-25-20-18(22)15-9-14(13-3-4-13)17(10-16(15)19)24-11-12-5-7-21(8-6-12)26(2)23/h9-10,12-13H,3-8,11H2,1-2H3,(H,20,22). The number of rotatable bonds is 7. The molecule has 26 heavy (non-hydrogen) atoms. The van der Waals surface area contributed by atoms with Gasteiger partial charge in [-0.05, 0) is 49.1 Å². The molecule has 0 aromatic heterocycles. The summed E-state index contributed by atoms with van der Waals surface area (Å²) in [6.45, 7) is 2.13. The Hall–Kier alpha value is -1.12. The lowest BCUT2D eigenvalue weighted by Crippen LogP contribution is -2.36. The van der Waals surface area contributed by atoms with E-state index >= 15 is 0 Å². The van der Waals surface area contributed by atoms with Crippen LogP contribution in [0.15, 0.2) is 12.1 Å². The Balaban J connectivity index is 1.67. The molecular formula is C18H25FN2O3S2. The highest BCUT2D eigenvalue weighted by Crippen LogP contribution is 2.45. The highest BCUT2D eigenvalue weighted by atomic mass is 32.2. The van der Waals surface area contributed by atoms with Crippen molar-refractivity contribution < 1.29 is 18.1 Å². The minimum absolute atomic E-state index is 0.0762. The number of carbonyl (C=O) groups excluding carboxylic acids is 1. The van der Waals surface area contributed by atoms with Crippen molar-refractivity contribution >= 4 is 28.8 Å². The van der Waals surface area contributed by atoms with Crippen LogP contribution in [0.1, 0.15) is 47.5 Å². The lowest BCUT2D eigenvalue weighted by molar-refractivity contribution is 0.0980. The van der Waals surface area contributed by atoms with Gasteiger partial charge in [-0.3, -0.25) is 9.52 Å². The van der Waals surface area contributed by atoms with Gasteiger partial charge in [0.2, 0.25) is 0 Å². The molecule has 8 heteroatoms. The lowest BCUT2D eigenvalue weighted by atomic mass is 9.99. The van der Waals surface area contributed by atoms with Gasteiger partial charge >= 0.3 is 0 Å². The molecule has 1 atom stereocenters. The van der Waals surface area contributed by atoms with Crippen molar-refractivity contribution in [2.45, 2.75) is 31.6 Å². The zero-order chi connectivity index (χ0) is 18.7. The van der Waals surface area contributed by atoms with Gasteiger partial charge in [-0.15, -0.1) is 0 Å². The Kier molecular flexibility index (Phi) is 6.58. The molecule has 0 radical (unpaired) electrons. The Labute approximate surface area is 160 Å². The molecule has 5 nitrogen and oxygen atoms in total. The third-order valence-corrected chi connectivity index (χ3v) is 6.45. The highest BCUT2D eigenvalue weighted by molar-refractivity contribution is 7.97. The molecule has 0 spiro atoms. The van der Waals surface area contributed by atoms with Crippen LogP contribution in [0, 0.1) is 11.7 Å². The SMILES string of the molecule is CSNC(=O)c1cc(C2CC2)c(OCC2CCN(S(C)=O)CC2)cc1F. The number of hydrogen-bond donors (Lipinski definition) is 1. The van der Waals surface area contributed by atoms with Gasteiger partial charge in [0, 0.05) is 31.7 Å². The number of piperidine rings is 1. The third-order valence-electron chi connectivity index (χ3n) is 4.97. The zero-order valence-electron chi connectivity index (χ0n) is 15.1. The second-order valence-corrected chi connectivity index (χ2v) is 8.86. The van der Waals surface area contributed by atoms with E-state index in [1.165, 1.54) is 6.07 Å². The Morgan fingerprint density at radius 2 is 2.04 bits per heavy atom. The molecule has 1 aliphatic carbocycles. The van der Waals surface area contributed by atoms with Crippen molar-refractivity contribution in [2.75, 3.05) is 32.2 Å². The van der Waals surface area contributed by atoms with E-state index in [4.69, 9.17) is 4.74 Å². The van der Waals surface area contributed by atoms with Crippen LogP contribution < -0.4 is 9.46 Å². The predicted octanol–water partition coefficient (Wildman–Crippen LogP) is 3.10. The molecule has 1 amide bonds. The monoisotopic (exact) mass is 400 g/mol. The predicted molar refractivity (Wildman–Crippen MR) is 103 cm³/mol. The first-order chi connectivity index (χ1) is 12.5. The van der Waals surface area contributed by atoms with Crippen molar-refractivity contribution in [3.05, 3.63) is 29.1 Å². The summed E-state index contributed by atoms with van der Waals surface area (Å²) in [6.07, 6.45) is 7.38. The first-order valence-electron chi connectivity index (χ1n) is 8.87. The summed E-state index contributed by atoms with van der Waals surface area (Å²) < 4.78 is 36.4. The summed E-state index contributed by atoms with van der Waals surface area (Å²) >= 11 is 1.16. The number of ether oxygens (including phenoxy) is 1. The molecule has 1 N–H and O–H groups in total. The summed E-state index contributed by atoms with van der Waals surface area (Å²) in [5.41, 5.74) is 1.01. The van der Waals surface area contributed by atoms with Gasteiger partial charge in [-0.2, -0.15) is 0 Å². The first kappa shape index (κ1) is 19.6. The van der Waals surface area contributed by atoms with Crippen LogP contribution in [0.5, 0.6) is 5.75 Å². The Morgan fingerprint density at radius 3 is 2.62 bits per heavy atom. The number of nitrogens with one attached hydrogen (secondary N) is 1. The minimum Gasteiger partial charge on any atom is -0.493 e. The van der Waals surface area contributed by atoms with Crippen molar-refractivity contribution in [3.63, 3.8) is 0 Å². The number of benzene rings is 1. The summed E-state index contributed by atoms with van der Waals surface area (Å²) in [6, 6.07) is 3.01. The fourth-order valence-corrected chi connectivity index (χ4v) is 4.29. The summed E-state index contributed by atoms with van der Waals surface area (Å²) in [5.74, 6) is 0.336. The molecule has 144 valence electrons. The molecule has 2 fully saturated rings. The van der Waals surface area contributed by atoms with Crippen LogP contribution in [0.4, 0.5) is 4.39 Å². The molecule has 2 aliphatic rings. The van der Waals surface area contributed by atoms with Crippen molar-refractivity contribution in [2.24, 2.45) is 5.92 Å². The van der Waals surface area contributed by atoms with Crippen molar-refractivity contribution in [3.8, 4) is 5.75 Å². The molecule has 1 saturated carbocycles. The van der Waals surface area contributed by atoms with E-state index in [0.29, 0.717) is 24.2 Å². The normalized spacial score (nSPS) is 20.0. The van der Waals surface area contributed by atoms with Gasteiger partial charge in [0.25, 0.3) is 5.91 Å². The van der Waals surface area contributed by atoms with Crippen LogP contribution in [0.3, 0.4) is 0 Å². The number of amides is 1. The van der Waals surface area contributed by atoms with Gasteiger partial charge < -0.3 is 4.74 Å². The molecule has 1 saturated heterocycles. The van der Waals surface area contributed by atoms with E-state index in [-0.39, 0.29) is 5.56 Å². The average molecular weight is 401 g/mol. The van der Waals surface area contributed by atoms with E-state index in [1.54, 1.807) is 18.6 Å². The quantitative estimate of drug-likeness (QED) is 0.715. The van der Waals surface area contributed by atoms with Crippen LogP contribution in [0.2, 0.25) is 0 Å². The topological polar surface area (TPSA) is 58.6 Å². The van der Waals surface area contributed by atoms with Crippen molar-refractivity contribution in [1.29, 1.82) is 0 Å². The molecule has 1 heterocycles. The van der Waals surface area contributed by atoms with E-state index in [0.717, 1.165) is 56.3 Å². The summed E-state index contributed by atoms with van der Waals surface area (Å²) in [7, 11) is -0.917. The van der Waals surface area contributed by atoms with Crippen LogP contribution in [0.25, 0.3) is 0 Å². The molecule has 1 unspecified atom stereocenters. The van der Waals surface area contributed by atoms with E-state index in [2.05, 4.69) is 4.72 Å². The maximum absolute atomic E-state index is 14.4. The zero-order valence-corrected chi connectivity index (χ0v) is 16.8. The third kappa shape index (κ3) is 4.78. The molecule has 0 bridgehead atoms. The molecular weight excluding hydrogens is 375 g/mol.